The molecular weight excluding hydrogens is 366 g/mol. The molecule has 0 saturated carbocycles. The van der Waals surface area contributed by atoms with E-state index in [-0.39, 0.29) is 24.2 Å². The lowest BCUT2D eigenvalue weighted by atomic mass is 9.91. The highest BCUT2D eigenvalue weighted by molar-refractivity contribution is 6.35. The molecule has 0 fully saturated rings. The van der Waals surface area contributed by atoms with Gasteiger partial charge in [-0.15, -0.1) is 0 Å². The second-order valence-electron chi connectivity index (χ2n) is 6.47. The number of hydrogen-bond acceptors (Lipinski definition) is 4. The molecule has 0 radical (unpaired) electrons. The van der Waals surface area contributed by atoms with Crippen LogP contribution in [0.4, 0.5) is 0 Å². The molecule has 7 nitrogen and oxygen atoms in total. The average molecular weight is 384 g/mol. The van der Waals surface area contributed by atoms with Crippen molar-refractivity contribution in [2.45, 2.75) is 25.3 Å². The zero-order chi connectivity index (χ0) is 18.8. The standard InChI is InChI=1S/C19H18ClN5O2/c20-13-5-1-3-11-12-4-2-6-14(18(12)25-17(11)13)24-16(26)10-23-19(27)15-9-21-7-8-22-15/h1,3,5,7-9,14,25H,2,4,6,10H2,(H,23,27)(H,24,26)/t14-/m1/s1. The topological polar surface area (TPSA) is 99.8 Å². The van der Waals surface area contributed by atoms with Crippen LogP contribution in [0.25, 0.3) is 10.9 Å². The number of rotatable bonds is 4. The van der Waals surface area contributed by atoms with Gasteiger partial charge in [-0.2, -0.15) is 0 Å². The number of amides is 2. The summed E-state index contributed by atoms with van der Waals surface area (Å²) in [5, 5.41) is 7.34. The van der Waals surface area contributed by atoms with Gasteiger partial charge in [0.2, 0.25) is 5.91 Å². The zero-order valence-corrected chi connectivity index (χ0v) is 15.2. The van der Waals surface area contributed by atoms with E-state index in [0.29, 0.717) is 5.02 Å². The van der Waals surface area contributed by atoms with Crippen molar-refractivity contribution < 1.29 is 9.59 Å². The molecule has 138 valence electrons. The SMILES string of the molecule is O=C(CNC(=O)c1cnccn1)N[C@@H]1CCCc2c1[nH]c1c(Cl)cccc21. The number of H-pyrrole nitrogens is 1. The number of hydrogen-bond donors (Lipinski definition) is 3. The number of aromatic nitrogens is 3. The lowest BCUT2D eigenvalue weighted by Gasteiger charge is -2.24. The third-order valence-electron chi connectivity index (χ3n) is 4.73. The van der Waals surface area contributed by atoms with E-state index in [2.05, 4.69) is 25.6 Å². The van der Waals surface area contributed by atoms with Crippen molar-refractivity contribution in [3.63, 3.8) is 0 Å². The van der Waals surface area contributed by atoms with Crippen molar-refractivity contribution in [1.29, 1.82) is 0 Å². The molecule has 0 aliphatic heterocycles. The summed E-state index contributed by atoms with van der Waals surface area (Å²) in [6.07, 6.45) is 7.03. The van der Waals surface area contributed by atoms with Gasteiger partial charge in [0.05, 0.1) is 29.3 Å². The van der Waals surface area contributed by atoms with Gasteiger partial charge in [0, 0.05) is 23.5 Å². The molecule has 3 aromatic rings. The van der Waals surface area contributed by atoms with Crippen LogP contribution in [0, 0.1) is 0 Å². The molecule has 2 aromatic heterocycles. The van der Waals surface area contributed by atoms with Crippen LogP contribution in [0.2, 0.25) is 5.02 Å². The minimum absolute atomic E-state index is 0.123. The molecule has 0 bridgehead atoms. The highest BCUT2D eigenvalue weighted by Gasteiger charge is 2.26. The predicted octanol–water partition coefficient (Wildman–Crippen LogP) is 2.53. The first kappa shape index (κ1) is 17.5. The van der Waals surface area contributed by atoms with Crippen LogP contribution in [0.5, 0.6) is 0 Å². The minimum Gasteiger partial charge on any atom is -0.355 e. The second-order valence-corrected chi connectivity index (χ2v) is 6.87. The number of para-hydroxylation sites is 1. The van der Waals surface area contributed by atoms with Crippen LogP contribution >= 0.6 is 11.6 Å². The number of benzene rings is 1. The van der Waals surface area contributed by atoms with Gasteiger partial charge in [-0.25, -0.2) is 4.98 Å². The van der Waals surface area contributed by atoms with E-state index in [1.54, 1.807) is 0 Å². The fraction of sp³-hybridized carbons (Fsp3) is 0.263. The van der Waals surface area contributed by atoms with Crippen LogP contribution in [-0.4, -0.2) is 33.3 Å². The highest BCUT2D eigenvalue weighted by atomic mass is 35.5. The molecule has 1 aromatic carbocycles. The Kier molecular flexibility index (Phi) is 4.77. The Balaban J connectivity index is 1.45. The number of carbonyl (C=O) groups is 2. The molecular formula is C19H18ClN5O2. The molecule has 0 spiro atoms. The van der Waals surface area contributed by atoms with Crippen molar-refractivity contribution in [2.24, 2.45) is 0 Å². The second kappa shape index (κ2) is 7.36. The first-order chi connectivity index (χ1) is 13.1. The Bertz CT molecular complexity index is 1000. The van der Waals surface area contributed by atoms with Crippen molar-refractivity contribution in [3.8, 4) is 0 Å². The Hall–Kier alpha value is -2.93. The first-order valence-electron chi connectivity index (χ1n) is 8.76. The monoisotopic (exact) mass is 383 g/mol. The maximum absolute atomic E-state index is 12.3. The molecule has 2 heterocycles. The number of nitrogens with zero attached hydrogens (tertiary/aromatic N) is 2. The minimum atomic E-state index is -0.431. The Labute approximate surface area is 160 Å². The third kappa shape index (κ3) is 3.50. The number of nitrogens with one attached hydrogen (secondary N) is 3. The summed E-state index contributed by atoms with van der Waals surface area (Å²) in [4.78, 5) is 35.4. The number of aromatic amines is 1. The van der Waals surface area contributed by atoms with E-state index in [4.69, 9.17) is 11.6 Å². The molecule has 1 aliphatic carbocycles. The Morgan fingerprint density at radius 1 is 1.30 bits per heavy atom. The van der Waals surface area contributed by atoms with E-state index in [1.165, 1.54) is 24.2 Å². The fourth-order valence-electron chi connectivity index (χ4n) is 3.51. The van der Waals surface area contributed by atoms with Crippen LogP contribution < -0.4 is 10.6 Å². The van der Waals surface area contributed by atoms with Gasteiger partial charge in [-0.1, -0.05) is 23.7 Å². The number of aryl methyl sites for hydroxylation is 1. The summed E-state index contributed by atoms with van der Waals surface area (Å²) < 4.78 is 0. The summed E-state index contributed by atoms with van der Waals surface area (Å²) in [6.45, 7) is -0.123. The van der Waals surface area contributed by atoms with Crippen LogP contribution in [0.3, 0.4) is 0 Å². The fourth-order valence-corrected chi connectivity index (χ4v) is 3.73. The smallest absolute Gasteiger partial charge is 0.271 e. The number of fused-ring (bicyclic) bond motifs is 3. The van der Waals surface area contributed by atoms with Crippen LogP contribution in [0.1, 0.15) is 40.6 Å². The summed E-state index contributed by atoms with van der Waals surface area (Å²) in [7, 11) is 0. The molecule has 1 atom stereocenters. The summed E-state index contributed by atoms with van der Waals surface area (Å²) in [5.41, 5.74) is 3.28. The van der Waals surface area contributed by atoms with Gasteiger partial charge in [0.1, 0.15) is 5.69 Å². The van der Waals surface area contributed by atoms with E-state index in [1.807, 2.05) is 18.2 Å². The van der Waals surface area contributed by atoms with Gasteiger partial charge >= 0.3 is 0 Å². The molecule has 0 saturated heterocycles. The predicted molar refractivity (Wildman–Crippen MR) is 101 cm³/mol. The van der Waals surface area contributed by atoms with Crippen molar-refractivity contribution in [2.75, 3.05) is 6.54 Å². The van der Waals surface area contributed by atoms with E-state index in [9.17, 15) is 9.59 Å². The largest absolute Gasteiger partial charge is 0.355 e. The van der Waals surface area contributed by atoms with Crippen LogP contribution in [-0.2, 0) is 11.2 Å². The van der Waals surface area contributed by atoms with Crippen LogP contribution in [0.15, 0.2) is 36.8 Å². The van der Waals surface area contributed by atoms with E-state index in [0.717, 1.165) is 35.9 Å². The summed E-state index contributed by atoms with van der Waals surface area (Å²) in [6, 6.07) is 5.70. The zero-order valence-electron chi connectivity index (χ0n) is 14.5. The number of halogens is 1. The van der Waals surface area contributed by atoms with Gasteiger partial charge in [-0.05, 0) is 30.9 Å². The lowest BCUT2D eigenvalue weighted by molar-refractivity contribution is -0.121. The van der Waals surface area contributed by atoms with Crippen molar-refractivity contribution in [1.82, 2.24) is 25.6 Å². The summed E-state index contributed by atoms with van der Waals surface area (Å²) >= 11 is 6.30. The van der Waals surface area contributed by atoms with Gasteiger partial charge in [0.25, 0.3) is 5.91 Å². The first-order valence-corrected chi connectivity index (χ1v) is 9.14. The molecule has 27 heavy (non-hydrogen) atoms. The van der Waals surface area contributed by atoms with Crippen molar-refractivity contribution in [3.05, 3.63) is 58.8 Å². The molecule has 2 amide bonds. The number of carbonyl (C=O) groups excluding carboxylic acids is 2. The molecule has 8 heteroatoms. The molecule has 0 unspecified atom stereocenters. The lowest BCUT2D eigenvalue weighted by Crippen LogP contribution is -2.39. The van der Waals surface area contributed by atoms with Crippen molar-refractivity contribution >= 4 is 34.3 Å². The Morgan fingerprint density at radius 2 is 2.19 bits per heavy atom. The normalized spacial score (nSPS) is 16.0. The average Bonchev–Trinajstić information content (AvgIpc) is 3.08. The quantitative estimate of drug-likeness (QED) is 0.644. The molecule has 4 rings (SSSR count). The van der Waals surface area contributed by atoms with E-state index < -0.39 is 5.91 Å². The van der Waals surface area contributed by atoms with Gasteiger partial charge in [0.15, 0.2) is 0 Å². The van der Waals surface area contributed by atoms with Gasteiger partial charge in [-0.3, -0.25) is 14.6 Å². The molecule has 3 N–H and O–H groups in total. The maximum atomic E-state index is 12.3. The summed E-state index contributed by atoms with van der Waals surface area (Å²) in [5.74, 6) is -0.685. The van der Waals surface area contributed by atoms with Gasteiger partial charge < -0.3 is 15.6 Å². The Morgan fingerprint density at radius 3 is 3.00 bits per heavy atom. The molecule has 1 aliphatic rings. The third-order valence-corrected chi connectivity index (χ3v) is 5.05. The van der Waals surface area contributed by atoms with E-state index >= 15 is 0 Å². The highest BCUT2D eigenvalue weighted by Crippen LogP contribution is 2.36. The maximum Gasteiger partial charge on any atom is 0.271 e.